The lowest BCUT2D eigenvalue weighted by atomic mass is 10.2. The number of hydrogen-bond acceptors (Lipinski definition) is 7. The van der Waals surface area contributed by atoms with Gasteiger partial charge in [-0.25, -0.2) is 8.42 Å². The number of thioether (sulfide) groups is 1. The van der Waals surface area contributed by atoms with Crippen molar-refractivity contribution in [3.63, 3.8) is 0 Å². The van der Waals surface area contributed by atoms with Crippen molar-refractivity contribution in [3.8, 4) is 11.5 Å². The second-order valence-corrected chi connectivity index (χ2v) is 11.1. The van der Waals surface area contributed by atoms with Crippen LogP contribution in [0, 0.1) is 0 Å². The Balaban J connectivity index is 1.49. The maximum absolute atomic E-state index is 12.5. The molecule has 0 bridgehead atoms. The molecule has 146 valence electrons. The van der Waals surface area contributed by atoms with Gasteiger partial charge in [-0.15, -0.1) is 11.3 Å². The molecule has 0 radical (unpaired) electrons. The third-order valence-electron chi connectivity index (χ3n) is 4.83. The summed E-state index contributed by atoms with van der Waals surface area (Å²) in [7, 11) is -3.11. The molecular weight excluding hydrogens is 420 g/mol. The Labute approximate surface area is 170 Å². The minimum absolute atomic E-state index is 0.0528. The molecule has 2 saturated heterocycles. The lowest BCUT2D eigenvalue weighted by Crippen LogP contribution is -2.37. The topological polar surface area (TPSA) is 85.3 Å². The molecule has 7 nitrogen and oxygen atoms in total. The number of rotatable bonds is 3. The second-order valence-electron chi connectivity index (χ2n) is 6.75. The Morgan fingerprint density at radius 2 is 2.07 bits per heavy atom. The van der Waals surface area contributed by atoms with Gasteiger partial charge in [-0.2, -0.15) is 4.99 Å². The highest BCUT2D eigenvalue weighted by molar-refractivity contribution is 8.16. The number of aliphatic imine (C=N–C) groups is 1. The molecule has 2 unspecified atom stereocenters. The van der Waals surface area contributed by atoms with E-state index >= 15 is 0 Å². The Hall–Kier alpha value is -2.04. The fourth-order valence-electron chi connectivity index (χ4n) is 3.61. The molecule has 4 heterocycles. The van der Waals surface area contributed by atoms with Crippen LogP contribution in [0.2, 0.25) is 0 Å². The number of sulfone groups is 1. The first-order chi connectivity index (χ1) is 13.5. The SMILES string of the molecule is O=C(Cc1cccs1)N=C1SC2CS(=O)(=O)CC2N1c1ccc2c(c1)OCO2. The van der Waals surface area contributed by atoms with Crippen molar-refractivity contribution in [1.82, 2.24) is 0 Å². The Morgan fingerprint density at radius 1 is 1.21 bits per heavy atom. The molecule has 2 aromatic rings. The zero-order valence-corrected chi connectivity index (χ0v) is 17.1. The van der Waals surface area contributed by atoms with Crippen LogP contribution in [0.5, 0.6) is 11.5 Å². The Kier molecular flexibility index (Phi) is 4.37. The van der Waals surface area contributed by atoms with E-state index in [1.807, 2.05) is 34.5 Å². The average Bonchev–Trinajstić information content (AvgIpc) is 3.38. The van der Waals surface area contributed by atoms with Crippen molar-refractivity contribution in [1.29, 1.82) is 0 Å². The summed E-state index contributed by atoms with van der Waals surface area (Å²) in [6, 6.07) is 9.02. The number of ether oxygens (including phenoxy) is 2. The molecule has 0 aliphatic carbocycles. The summed E-state index contributed by atoms with van der Waals surface area (Å²) in [6.07, 6.45) is 0.240. The number of carbonyl (C=O) groups excluding carboxylic acids is 1. The highest BCUT2D eigenvalue weighted by atomic mass is 32.2. The van der Waals surface area contributed by atoms with Crippen LogP contribution in [0.25, 0.3) is 0 Å². The molecule has 3 aliphatic rings. The predicted molar refractivity (Wildman–Crippen MR) is 109 cm³/mol. The van der Waals surface area contributed by atoms with Gasteiger partial charge in [0.25, 0.3) is 5.91 Å². The van der Waals surface area contributed by atoms with Gasteiger partial charge in [0, 0.05) is 21.9 Å². The lowest BCUT2D eigenvalue weighted by molar-refractivity contribution is -0.117. The number of fused-ring (bicyclic) bond motifs is 2. The van der Waals surface area contributed by atoms with Gasteiger partial charge in [0.15, 0.2) is 26.5 Å². The molecule has 2 fully saturated rings. The van der Waals surface area contributed by atoms with Gasteiger partial charge >= 0.3 is 0 Å². The van der Waals surface area contributed by atoms with Crippen molar-refractivity contribution >= 4 is 49.7 Å². The lowest BCUT2D eigenvalue weighted by Gasteiger charge is -2.24. The summed E-state index contributed by atoms with van der Waals surface area (Å²) in [6.45, 7) is 0.161. The van der Waals surface area contributed by atoms with Gasteiger partial charge in [-0.05, 0) is 23.6 Å². The number of amidine groups is 1. The second kappa shape index (κ2) is 6.78. The first kappa shape index (κ1) is 18.0. The van der Waals surface area contributed by atoms with Gasteiger partial charge in [-0.3, -0.25) is 4.79 Å². The van der Waals surface area contributed by atoms with Crippen LogP contribution in [0.1, 0.15) is 4.88 Å². The van der Waals surface area contributed by atoms with Gasteiger partial charge in [0.1, 0.15) is 0 Å². The molecule has 2 atom stereocenters. The quantitative estimate of drug-likeness (QED) is 0.730. The maximum Gasteiger partial charge on any atom is 0.253 e. The fourth-order valence-corrected chi connectivity index (χ4v) is 8.24. The number of hydrogen-bond donors (Lipinski definition) is 0. The number of carbonyl (C=O) groups is 1. The zero-order valence-electron chi connectivity index (χ0n) is 14.6. The Bertz CT molecular complexity index is 1060. The fraction of sp³-hybridized carbons (Fsp3) is 0.333. The summed E-state index contributed by atoms with van der Waals surface area (Å²) in [5.41, 5.74) is 0.754. The molecular formula is C18H16N2O5S3. The van der Waals surface area contributed by atoms with E-state index in [1.165, 1.54) is 23.1 Å². The highest BCUT2D eigenvalue weighted by Crippen LogP contribution is 2.43. The van der Waals surface area contributed by atoms with Crippen LogP contribution in [0.3, 0.4) is 0 Å². The summed E-state index contributed by atoms with van der Waals surface area (Å²) < 4.78 is 35.1. The number of amides is 1. The smallest absolute Gasteiger partial charge is 0.253 e. The monoisotopic (exact) mass is 436 g/mol. The molecule has 5 rings (SSSR count). The number of benzene rings is 1. The van der Waals surface area contributed by atoms with Gasteiger partial charge in [-0.1, -0.05) is 17.8 Å². The number of thiophene rings is 1. The first-order valence-corrected chi connectivity index (χ1v) is 12.3. The molecule has 0 N–H and O–H groups in total. The molecule has 10 heteroatoms. The van der Waals surface area contributed by atoms with Crippen LogP contribution in [0.4, 0.5) is 5.69 Å². The highest BCUT2D eigenvalue weighted by Gasteiger charge is 2.49. The average molecular weight is 437 g/mol. The van der Waals surface area contributed by atoms with Crippen molar-refractivity contribution in [2.75, 3.05) is 23.2 Å². The largest absolute Gasteiger partial charge is 0.454 e. The van der Waals surface area contributed by atoms with Crippen molar-refractivity contribution < 1.29 is 22.7 Å². The maximum atomic E-state index is 12.5. The minimum atomic E-state index is -3.11. The summed E-state index contributed by atoms with van der Waals surface area (Å²) in [5, 5.41) is 2.34. The van der Waals surface area contributed by atoms with E-state index in [9.17, 15) is 13.2 Å². The third-order valence-corrected chi connectivity index (χ3v) is 8.91. The van der Waals surface area contributed by atoms with Gasteiger partial charge in [0.2, 0.25) is 6.79 Å². The summed E-state index contributed by atoms with van der Waals surface area (Å²) in [4.78, 5) is 19.7. The van der Waals surface area contributed by atoms with Crippen LogP contribution < -0.4 is 14.4 Å². The van der Waals surface area contributed by atoms with E-state index in [0.29, 0.717) is 16.7 Å². The van der Waals surface area contributed by atoms with Crippen LogP contribution in [-0.2, 0) is 21.1 Å². The molecule has 0 spiro atoms. The molecule has 1 aromatic heterocycles. The normalized spacial score (nSPS) is 26.0. The van der Waals surface area contributed by atoms with Crippen LogP contribution in [0.15, 0.2) is 40.7 Å². The Morgan fingerprint density at radius 3 is 2.89 bits per heavy atom. The summed E-state index contributed by atoms with van der Waals surface area (Å²) in [5.74, 6) is 1.17. The molecule has 0 saturated carbocycles. The van der Waals surface area contributed by atoms with E-state index in [-0.39, 0.29) is 41.9 Å². The molecule has 28 heavy (non-hydrogen) atoms. The number of anilines is 1. The number of nitrogens with zero attached hydrogens (tertiary/aromatic N) is 2. The first-order valence-electron chi connectivity index (χ1n) is 8.68. The molecule has 3 aliphatic heterocycles. The van der Waals surface area contributed by atoms with E-state index in [4.69, 9.17) is 9.47 Å². The standard InChI is InChI=1S/C18H16N2O5S3/c21-17(7-12-2-1-5-26-12)19-18-20(13-8-28(22,23)9-16(13)27-18)11-3-4-14-15(6-11)25-10-24-14/h1-6,13,16H,7-10H2. The van der Waals surface area contributed by atoms with Crippen molar-refractivity contribution in [2.45, 2.75) is 17.7 Å². The van der Waals surface area contributed by atoms with Crippen LogP contribution in [-0.4, -0.2) is 49.1 Å². The zero-order chi connectivity index (χ0) is 19.3. The minimum Gasteiger partial charge on any atom is -0.454 e. The van der Waals surface area contributed by atoms with Crippen molar-refractivity contribution in [2.24, 2.45) is 4.99 Å². The van der Waals surface area contributed by atoms with E-state index < -0.39 is 9.84 Å². The van der Waals surface area contributed by atoms with Crippen LogP contribution >= 0.6 is 23.1 Å². The third kappa shape index (κ3) is 3.29. The van der Waals surface area contributed by atoms with E-state index in [1.54, 1.807) is 6.07 Å². The van der Waals surface area contributed by atoms with E-state index in [0.717, 1.165) is 10.6 Å². The molecule has 1 aromatic carbocycles. The van der Waals surface area contributed by atoms with Gasteiger partial charge in [0.05, 0.1) is 24.0 Å². The van der Waals surface area contributed by atoms with E-state index in [2.05, 4.69) is 4.99 Å². The van der Waals surface area contributed by atoms with Gasteiger partial charge < -0.3 is 14.4 Å². The summed E-state index contributed by atoms with van der Waals surface area (Å²) >= 11 is 2.88. The predicted octanol–water partition coefficient (Wildman–Crippen LogP) is 2.32. The van der Waals surface area contributed by atoms with Crippen molar-refractivity contribution in [3.05, 3.63) is 40.6 Å². The molecule has 1 amide bonds.